The molecule has 0 aromatic heterocycles. The van der Waals surface area contributed by atoms with Crippen LogP contribution in [0.3, 0.4) is 0 Å². The molecule has 0 heterocycles. The average molecular weight is 384 g/mol. The van der Waals surface area contributed by atoms with Gasteiger partial charge < -0.3 is 10.2 Å². The second-order valence-corrected chi connectivity index (χ2v) is 7.62. The summed E-state index contributed by atoms with van der Waals surface area (Å²) >= 11 is 0. The maximum absolute atomic E-state index is 13.6. The number of hydrogen-bond donors (Lipinski definition) is 1. The molecule has 0 radical (unpaired) electrons. The maximum Gasteiger partial charge on any atom is 0.243 e. The molecule has 0 atom stereocenters. The van der Waals surface area contributed by atoms with Crippen LogP contribution in [-0.4, -0.2) is 11.8 Å². The van der Waals surface area contributed by atoms with Gasteiger partial charge in [0, 0.05) is 11.4 Å². The number of para-hydroxylation sites is 1. The van der Waals surface area contributed by atoms with E-state index in [1.165, 1.54) is 0 Å². The molecule has 0 bridgehead atoms. The number of anilines is 2. The second kappa shape index (κ2) is 7.92. The summed E-state index contributed by atoms with van der Waals surface area (Å²) < 4.78 is 0. The number of rotatable bonds is 6. The van der Waals surface area contributed by atoms with E-state index in [0.717, 1.165) is 22.5 Å². The van der Waals surface area contributed by atoms with Gasteiger partial charge in [0.05, 0.1) is 6.54 Å². The molecule has 29 heavy (non-hydrogen) atoms. The zero-order chi connectivity index (χ0) is 20.3. The molecule has 0 saturated heterocycles. The van der Waals surface area contributed by atoms with Crippen LogP contribution in [0.5, 0.6) is 0 Å². The third-order valence-electron chi connectivity index (χ3n) is 5.37. The highest BCUT2D eigenvalue weighted by Crippen LogP contribution is 2.49. The number of aryl methyl sites for hydroxylation is 1. The fraction of sp³-hybridized carbons (Fsp3) is 0.200. The largest absolute Gasteiger partial charge is 0.325 e. The normalized spacial score (nSPS) is 14.1. The molecule has 1 aliphatic carbocycles. The molecule has 4 nitrogen and oxygen atoms in total. The Labute approximate surface area is 171 Å². The lowest BCUT2D eigenvalue weighted by Gasteiger charge is -2.27. The first-order valence-electron chi connectivity index (χ1n) is 9.88. The van der Waals surface area contributed by atoms with Gasteiger partial charge >= 0.3 is 0 Å². The van der Waals surface area contributed by atoms with Crippen molar-refractivity contribution in [1.82, 2.24) is 0 Å². The van der Waals surface area contributed by atoms with Crippen molar-refractivity contribution in [2.24, 2.45) is 5.41 Å². The number of carbonyl (C=O) groups excluding carboxylic acids is 2. The van der Waals surface area contributed by atoms with E-state index in [2.05, 4.69) is 5.32 Å². The van der Waals surface area contributed by atoms with Crippen molar-refractivity contribution >= 4 is 23.2 Å². The van der Waals surface area contributed by atoms with Crippen LogP contribution in [0.15, 0.2) is 84.9 Å². The molecule has 1 fully saturated rings. The van der Waals surface area contributed by atoms with Crippen LogP contribution in [0.4, 0.5) is 11.4 Å². The highest BCUT2D eigenvalue weighted by atomic mass is 16.2. The zero-order valence-electron chi connectivity index (χ0n) is 16.5. The molecule has 4 heteroatoms. The van der Waals surface area contributed by atoms with Gasteiger partial charge in [-0.25, -0.2) is 0 Å². The highest BCUT2D eigenvalue weighted by Gasteiger charge is 2.58. The Hall–Kier alpha value is -3.40. The van der Waals surface area contributed by atoms with E-state index < -0.39 is 5.41 Å². The fourth-order valence-electron chi connectivity index (χ4n) is 3.55. The molecule has 2 amide bonds. The summed E-state index contributed by atoms with van der Waals surface area (Å²) in [4.78, 5) is 28.4. The van der Waals surface area contributed by atoms with E-state index in [9.17, 15) is 9.59 Å². The molecule has 1 saturated carbocycles. The van der Waals surface area contributed by atoms with E-state index in [0.29, 0.717) is 19.4 Å². The summed E-state index contributed by atoms with van der Waals surface area (Å²) in [5.74, 6) is -0.361. The first kappa shape index (κ1) is 18.9. The first-order chi connectivity index (χ1) is 14.1. The summed E-state index contributed by atoms with van der Waals surface area (Å²) in [6.45, 7) is 2.41. The molecule has 146 valence electrons. The Balaban J connectivity index is 1.60. The third kappa shape index (κ3) is 4.06. The summed E-state index contributed by atoms with van der Waals surface area (Å²) in [5, 5.41) is 2.95. The second-order valence-electron chi connectivity index (χ2n) is 7.62. The van der Waals surface area contributed by atoms with E-state index in [-0.39, 0.29) is 11.8 Å². The molecule has 4 rings (SSSR count). The average Bonchev–Trinajstić information content (AvgIpc) is 3.55. The predicted molar refractivity (Wildman–Crippen MR) is 116 cm³/mol. The molecule has 0 aliphatic heterocycles. The molecule has 0 unspecified atom stereocenters. The quantitative estimate of drug-likeness (QED) is 0.612. The van der Waals surface area contributed by atoms with Crippen LogP contribution in [0, 0.1) is 12.3 Å². The minimum Gasteiger partial charge on any atom is -0.325 e. The van der Waals surface area contributed by atoms with Crippen molar-refractivity contribution in [2.45, 2.75) is 26.3 Å². The van der Waals surface area contributed by atoms with Crippen LogP contribution in [-0.2, 0) is 16.1 Å². The number of nitrogens with one attached hydrogen (secondary N) is 1. The van der Waals surface area contributed by atoms with Gasteiger partial charge in [0.15, 0.2) is 0 Å². The molecule has 1 aliphatic rings. The SMILES string of the molecule is Cc1cccc(NC(=O)C2(C(=O)N(Cc3ccccc3)c3ccccc3)CC2)c1. The third-order valence-corrected chi connectivity index (χ3v) is 5.37. The van der Waals surface area contributed by atoms with E-state index >= 15 is 0 Å². The monoisotopic (exact) mass is 384 g/mol. The number of benzene rings is 3. The lowest BCUT2D eigenvalue weighted by molar-refractivity contribution is -0.132. The Morgan fingerprint density at radius 3 is 2.17 bits per heavy atom. The zero-order valence-corrected chi connectivity index (χ0v) is 16.5. The van der Waals surface area contributed by atoms with E-state index in [4.69, 9.17) is 0 Å². The van der Waals surface area contributed by atoms with Gasteiger partial charge in [-0.1, -0.05) is 60.7 Å². The first-order valence-corrected chi connectivity index (χ1v) is 9.88. The standard InChI is InChI=1S/C25H24N2O2/c1-19-9-8-12-21(17-19)26-23(28)25(15-16-25)24(29)27(22-13-6-3-7-14-22)18-20-10-4-2-5-11-20/h2-14,17H,15-16,18H2,1H3,(H,26,28). The molecule has 3 aromatic rings. The minimum absolute atomic E-state index is 0.141. The van der Waals surface area contributed by atoms with Gasteiger partial charge in [0.1, 0.15) is 5.41 Å². The lowest BCUT2D eigenvalue weighted by atomic mass is 10.0. The van der Waals surface area contributed by atoms with Gasteiger partial charge in [0.2, 0.25) is 11.8 Å². The van der Waals surface area contributed by atoms with Crippen molar-refractivity contribution in [3.63, 3.8) is 0 Å². The Morgan fingerprint density at radius 2 is 1.55 bits per heavy atom. The minimum atomic E-state index is -0.992. The van der Waals surface area contributed by atoms with Crippen LogP contribution in [0.1, 0.15) is 24.0 Å². The number of carbonyl (C=O) groups is 2. The maximum atomic E-state index is 13.6. The number of nitrogens with zero attached hydrogens (tertiary/aromatic N) is 1. The van der Waals surface area contributed by atoms with Crippen molar-refractivity contribution in [2.75, 3.05) is 10.2 Å². The van der Waals surface area contributed by atoms with Crippen LogP contribution < -0.4 is 10.2 Å². The van der Waals surface area contributed by atoms with Gasteiger partial charge in [-0.15, -0.1) is 0 Å². The van der Waals surface area contributed by atoms with E-state index in [1.54, 1.807) is 4.90 Å². The van der Waals surface area contributed by atoms with Gasteiger partial charge in [-0.05, 0) is 55.2 Å². The smallest absolute Gasteiger partial charge is 0.243 e. The van der Waals surface area contributed by atoms with Crippen molar-refractivity contribution < 1.29 is 9.59 Å². The molecular formula is C25H24N2O2. The predicted octanol–water partition coefficient (Wildman–Crippen LogP) is 4.95. The van der Waals surface area contributed by atoms with Gasteiger partial charge in [-0.2, -0.15) is 0 Å². The van der Waals surface area contributed by atoms with Gasteiger partial charge in [0.25, 0.3) is 0 Å². The lowest BCUT2D eigenvalue weighted by Crippen LogP contribution is -2.43. The van der Waals surface area contributed by atoms with Crippen molar-refractivity contribution in [1.29, 1.82) is 0 Å². The van der Waals surface area contributed by atoms with E-state index in [1.807, 2.05) is 91.9 Å². The van der Waals surface area contributed by atoms with Crippen molar-refractivity contribution in [3.05, 3.63) is 96.1 Å². The Kier molecular flexibility index (Phi) is 5.17. The summed E-state index contributed by atoms with van der Waals surface area (Å²) in [6, 6.07) is 27.1. The van der Waals surface area contributed by atoms with Gasteiger partial charge in [-0.3, -0.25) is 9.59 Å². The summed E-state index contributed by atoms with van der Waals surface area (Å²) in [6.07, 6.45) is 1.14. The Bertz CT molecular complexity index is 1010. The molecule has 1 N–H and O–H groups in total. The summed E-state index contributed by atoms with van der Waals surface area (Å²) in [7, 11) is 0. The highest BCUT2D eigenvalue weighted by molar-refractivity contribution is 6.17. The number of hydrogen-bond acceptors (Lipinski definition) is 2. The molecular weight excluding hydrogens is 360 g/mol. The topological polar surface area (TPSA) is 49.4 Å². The Morgan fingerprint density at radius 1 is 0.897 bits per heavy atom. The van der Waals surface area contributed by atoms with Crippen LogP contribution in [0.2, 0.25) is 0 Å². The fourth-order valence-corrected chi connectivity index (χ4v) is 3.55. The number of amides is 2. The summed E-state index contributed by atoms with van der Waals surface area (Å²) in [5.41, 5.74) is 2.63. The molecule has 0 spiro atoms. The molecule has 3 aromatic carbocycles. The van der Waals surface area contributed by atoms with Crippen molar-refractivity contribution in [3.8, 4) is 0 Å². The van der Waals surface area contributed by atoms with Crippen LogP contribution >= 0.6 is 0 Å². The van der Waals surface area contributed by atoms with Crippen LogP contribution in [0.25, 0.3) is 0 Å².